The van der Waals surface area contributed by atoms with Crippen LogP contribution in [0.4, 0.5) is 15.3 Å². The molecule has 6 aromatic rings. The monoisotopic (exact) mass is 981 g/mol. The van der Waals surface area contributed by atoms with E-state index in [2.05, 4.69) is 21.3 Å². The Hall–Kier alpha value is -8.61. The molecule has 6 N–H and O–H groups in total. The lowest BCUT2D eigenvalue weighted by Crippen LogP contribution is -2.52. The highest BCUT2D eigenvalue weighted by Crippen LogP contribution is 2.32. The number of nitro benzene ring substituents is 1. The van der Waals surface area contributed by atoms with Crippen LogP contribution < -0.4 is 26.0 Å². The van der Waals surface area contributed by atoms with E-state index in [9.17, 15) is 44.3 Å². The van der Waals surface area contributed by atoms with E-state index in [1.165, 1.54) is 25.2 Å². The first kappa shape index (κ1) is 52.8. The molecule has 0 bridgehead atoms. The Morgan fingerprint density at radius 1 is 0.583 bits per heavy atom. The van der Waals surface area contributed by atoms with E-state index in [4.69, 9.17) is 18.9 Å². The number of likely N-dealkylation sites (N-methyl/N-ethyl adjacent to an activating group) is 1. The number of carbonyl (C=O) groups excluding carboxylic acids is 4. The largest absolute Gasteiger partial charge is 0.489 e. The van der Waals surface area contributed by atoms with Gasteiger partial charge in [0.2, 0.25) is 5.91 Å². The van der Waals surface area contributed by atoms with Gasteiger partial charge in [0, 0.05) is 31.0 Å². The number of hydrogen-bond donors (Lipinski definition) is 6. The summed E-state index contributed by atoms with van der Waals surface area (Å²) >= 11 is 0. The second kappa shape index (κ2) is 27.0. The average molecular weight is 982 g/mol. The summed E-state index contributed by atoms with van der Waals surface area (Å²) in [6, 6.07) is 41.0. The van der Waals surface area contributed by atoms with Crippen LogP contribution in [0.15, 0.2) is 158 Å². The number of hydrogen-bond acceptors (Lipinski definition) is 13. The molecule has 374 valence electrons. The van der Waals surface area contributed by atoms with Gasteiger partial charge in [-0.05, 0) is 76.7 Å². The van der Waals surface area contributed by atoms with Crippen LogP contribution in [0.1, 0.15) is 39.8 Å². The number of nitrogens with zero attached hydrogens (tertiary/aromatic N) is 1. The minimum absolute atomic E-state index is 0.00507. The van der Waals surface area contributed by atoms with E-state index < -0.39 is 65.6 Å². The SMILES string of the molecule is CN[C@@H](C[C@@H](O)CNC(=O)OCc1ccccc1)C(=O)N[C@@H](Cc1cc(-c2ccc(OCc3ccccc3)c(C[C@H](NC(=O)OCc3ccccc3)C(=O)O)c2)ccc1[N+](=O)[O-])C(=O)OCc1ccccc1. The highest BCUT2D eigenvalue weighted by atomic mass is 16.6. The number of alkyl carbamates (subject to hydrolysis) is 2. The molecule has 0 radical (unpaired) electrons. The molecule has 4 atom stereocenters. The van der Waals surface area contributed by atoms with Crippen LogP contribution in [0.2, 0.25) is 0 Å². The Bertz CT molecular complexity index is 2750. The predicted molar refractivity (Wildman–Crippen MR) is 264 cm³/mol. The number of nitro groups is 1. The van der Waals surface area contributed by atoms with E-state index in [0.717, 1.165) is 11.1 Å². The van der Waals surface area contributed by atoms with Crippen molar-refractivity contribution in [2.75, 3.05) is 13.6 Å². The molecule has 0 unspecified atom stereocenters. The molecule has 0 fully saturated rings. The topological polar surface area (TPSA) is 254 Å². The molecule has 3 amide bonds. The molecule has 72 heavy (non-hydrogen) atoms. The number of aliphatic hydroxyl groups excluding tert-OH is 1. The molecule has 18 nitrogen and oxygen atoms in total. The van der Waals surface area contributed by atoms with Crippen molar-refractivity contribution in [2.45, 2.75) is 69.9 Å². The molecule has 0 aliphatic carbocycles. The Balaban J connectivity index is 1.24. The number of nitrogens with one attached hydrogen (secondary N) is 4. The van der Waals surface area contributed by atoms with Gasteiger partial charge < -0.3 is 50.4 Å². The van der Waals surface area contributed by atoms with Gasteiger partial charge in [0.25, 0.3) is 5.69 Å². The maximum absolute atomic E-state index is 13.9. The van der Waals surface area contributed by atoms with Crippen molar-refractivity contribution in [2.24, 2.45) is 0 Å². The van der Waals surface area contributed by atoms with Crippen molar-refractivity contribution < 1.29 is 58.1 Å². The summed E-state index contributed by atoms with van der Waals surface area (Å²) in [5.41, 5.74) is 3.87. The maximum Gasteiger partial charge on any atom is 0.408 e. The fraction of sp³-hybridized carbons (Fsp3) is 0.241. The van der Waals surface area contributed by atoms with Gasteiger partial charge in [0.05, 0.1) is 17.1 Å². The molecule has 0 spiro atoms. The van der Waals surface area contributed by atoms with Crippen LogP contribution in [0.25, 0.3) is 11.1 Å². The summed E-state index contributed by atoms with van der Waals surface area (Å²) in [6.07, 6.45) is -3.88. The van der Waals surface area contributed by atoms with Crippen molar-refractivity contribution >= 4 is 35.7 Å². The standard InChI is InChI=1S/C54H55N5O13/c1-55-45(30-44(60)31-56-53(65)71-34-38-18-10-4-11-19-38)50(61)57-47(52(64)70-33-37-16-8-3-9-17-37)28-42-26-40(22-24-48(42)59(67)68)41-23-25-49(69-32-36-14-6-2-7-15-36)43(27-41)29-46(51(62)63)58-54(66)72-35-39-20-12-5-13-21-39/h2-27,44-47,55,60H,28-35H2,1H3,(H,56,65)(H,57,61)(H,58,66)(H,62,63)/t44-,45+,46+,47+/m1/s1. The summed E-state index contributed by atoms with van der Waals surface area (Å²) < 4.78 is 22.3. The number of benzene rings is 6. The fourth-order valence-corrected chi connectivity index (χ4v) is 7.43. The van der Waals surface area contributed by atoms with Crippen LogP contribution in [0.5, 0.6) is 5.75 Å². The summed E-state index contributed by atoms with van der Waals surface area (Å²) in [4.78, 5) is 77.6. The van der Waals surface area contributed by atoms with Crippen molar-refractivity contribution in [3.8, 4) is 16.9 Å². The number of esters is 1. The highest BCUT2D eigenvalue weighted by Gasteiger charge is 2.31. The van der Waals surface area contributed by atoms with E-state index >= 15 is 0 Å². The van der Waals surface area contributed by atoms with Gasteiger partial charge in [-0.15, -0.1) is 0 Å². The molecule has 0 saturated heterocycles. The zero-order chi connectivity index (χ0) is 51.2. The minimum atomic E-state index is -1.48. The highest BCUT2D eigenvalue weighted by molar-refractivity contribution is 5.88. The third-order valence-corrected chi connectivity index (χ3v) is 11.3. The van der Waals surface area contributed by atoms with E-state index in [1.807, 2.05) is 42.5 Å². The second-order valence-electron chi connectivity index (χ2n) is 16.5. The van der Waals surface area contributed by atoms with Gasteiger partial charge in [0.1, 0.15) is 44.3 Å². The van der Waals surface area contributed by atoms with Crippen molar-refractivity contribution in [3.63, 3.8) is 0 Å². The van der Waals surface area contributed by atoms with E-state index in [-0.39, 0.29) is 57.1 Å². The van der Waals surface area contributed by atoms with Crippen molar-refractivity contribution in [1.29, 1.82) is 0 Å². The fourth-order valence-electron chi connectivity index (χ4n) is 7.43. The average Bonchev–Trinajstić information content (AvgIpc) is 3.40. The third kappa shape index (κ3) is 16.5. The number of carboxylic acid groups (broad SMARTS) is 1. The molecular weight excluding hydrogens is 927 g/mol. The molecule has 0 aromatic heterocycles. The predicted octanol–water partition coefficient (Wildman–Crippen LogP) is 6.80. The minimum Gasteiger partial charge on any atom is -0.489 e. The number of carboxylic acids is 1. The van der Waals surface area contributed by atoms with Gasteiger partial charge in [0.15, 0.2) is 0 Å². The quantitative estimate of drug-likeness (QED) is 0.0149. The molecule has 6 rings (SSSR count). The molecular formula is C54H55N5O13. The van der Waals surface area contributed by atoms with Gasteiger partial charge in [-0.1, -0.05) is 127 Å². The molecule has 0 heterocycles. The molecule has 6 aromatic carbocycles. The third-order valence-electron chi connectivity index (χ3n) is 11.3. The first-order valence-corrected chi connectivity index (χ1v) is 22.9. The number of rotatable bonds is 25. The number of aliphatic hydroxyl groups is 1. The van der Waals surface area contributed by atoms with Gasteiger partial charge in [-0.25, -0.2) is 19.2 Å². The van der Waals surface area contributed by atoms with Crippen LogP contribution in [0.3, 0.4) is 0 Å². The van der Waals surface area contributed by atoms with Crippen LogP contribution in [-0.2, 0) is 67.9 Å². The summed E-state index contributed by atoms with van der Waals surface area (Å²) in [5, 5.41) is 44.0. The summed E-state index contributed by atoms with van der Waals surface area (Å²) in [5.74, 6) is -2.68. The number of aliphatic carboxylic acids is 1. The van der Waals surface area contributed by atoms with E-state index in [0.29, 0.717) is 33.6 Å². The van der Waals surface area contributed by atoms with Gasteiger partial charge in [-0.2, -0.15) is 0 Å². The zero-order valence-electron chi connectivity index (χ0n) is 39.3. The molecule has 0 saturated carbocycles. The van der Waals surface area contributed by atoms with Crippen molar-refractivity contribution in [1.82, 2.24) is 21.3 Å². The number of ether oxygens (including phenoxy) is 4. The van der Waals surface area contributed by atoms with Crippen LogP contribution in [-0.4, -0.2) is 83.0 Å². The lowest BCUT2D eigenvalue weighted by molar-refractivity contribution is -0.385. The van der Waals surface area contributed by atoms with Gasteiger partial charge >= 0.3 is 24.1 Å². The summed E-state index contributed by atoms with van der Waals surface area (Å²) in [7, 11) is 1.47. The van der Waals surface area contributed by atoms with Gasteiger partial charge in [-0.3, -0.25) is 14.9 Å². The second-order valence-corrected chi connectivity index (χ2v) is 16.5. The number of carbonyl (C=O) groups is 5. The van der Waals surface area contributed by atoms with Crippen molar-refractivity contribution in [3.05, 3.63) is 201 Å². The lowest BCUT2D eigenvalue weighted by atomic mass is 9.95. The van der Waals surface area contributed by atoms with E-state index in [1.54, 1.807) is 97.1 Å². The Morgan fingerprint density at radius 2 is 1.07 bits per heavy atom. The Labute approximate surface area is 415 Å². The Morgan fingerprint density at radius 3 is 1.60 bits per heavy atom. The molecule has 18 heteroatoms. The summed E-state index contributed by atoms with van der Waals surface area (Å²) in [6.45, 7) is -0.403. The number of amides is 3. The smallest absolute Gasteiger partial charge is 0.408 e. The lowest BCUT2D eigenvalue weighted by Gasteiger charge is -2.23. The molecule has 0 aliphatic rings. The maximum atomic E-state index is 13.9. The Kier molecular flexibility index (Phi) is 19.8. The normalized spacial score (nSPS) is 12.5. The van der Waals surface area contributed by atoms with Crippen LogP contribution >= 0.6 is 0 Å². The first-order valence-electron chi connectivity index (χ1n) is 22.9. The van der Waals surface area contributed by atoms with Crippen LogP contribution in [0, 0.1) is 10.1 Å². The molecule has 0 aliphatic heterocycles. The zero-order valence-corrected chi connectivity index (χ0v) is 39.3. The first-order chi connectivity index (χ1) is 34.8.